The van der Waals surface area contributed by atoms with Gasteiger partial charge in [-0.3, -0.25) is 0 Å². The Morgan fingerprint density at radius 3 is 2.63 bits per heavy atom. The lowest BCUT2D eigenvalue weighted by atomic mass is 9.99. The second kappa shape index (κ2) is 6.16. The average molecular weight is 339 g/mol. The van der Waals surface area contributed by atoms with Crippen molar-refractivity contribution in [3.63, 3.8) is 0 Å². The van der Waals surface area contributed by atoms with Gasteiger partial charge in [-0.1, -0.05) is 28.1 Å². The molecule has 0 spiro atoms. The van der Waals surface area contributed by atoms with Crippen LogP contribution in [0.3, 0.4) is 0 Å². The van der Waals surface area contributed by atoms with Crippen LogP contribution in [0.25, 0.3) is 0 Å². The summed E-state index contributed by atoms with van der Waals surface area (Å²) in [7, 11) is 2.01. The predicted octanol–water partition coefficient (Wildman–Crippen LogP) is 4.33. The van der Waals surface area contributed by atoms with E-state index in [9.17, 15) is 0 Å². The number of aromatic nitrogens is 1. The first kappa shape index (κ1) is 14.7. The fourth-order valence-corrected chi connectivity index (χ4v) is 3.53. The zero-order chi connectivity index (χ0) is 14.0. The average Bonchev–Trinajstić information content (AvgIpc) is 2.69. The van der Waals surface area contributed by atoms with Gasteiger partial charge in [-0.2, -0.15) is 0 Å². The Morgan fingerprint density at radius 1 is 1.32 bits per heavy atom. The van der Waals surface area contributed by atoms with E-state index in [1.54, 1.807) is 11.3 Å². The molecule has 102 valence electrons. The van der Waals surface area contributed by atoms with Gasteiger partial charge >= 0.3 is 0 Å². The van der Waals surface area contributed by atoms with Crippen LogP contribution in [-0.4, -0.2) is 12.0 Å². The van der Waals surface area contributed by atoms with E-state index in [1.807, 2.05) is 7.05 Å². The molecule has 0 aliphatic carbocycles. The van der Waals surface area contributed by atoms with Crippen LogP contribution in [0, 0.1) is 20.8 Å². The molecule has 0 aliphatic rings. The molecular weight excluding hydrogens is 320 g/mol. The third-order valence-corrected chi connectivity index (χ3v) is 5.44. The maximum absolute atomic E-state index is 4.64. The smallest absolute Gasteiger partial charge is 0.0949 e. The van der Waals surface area contributed by atoms with Crippen LogP contribution in [0.1, 0.15) is 32.7 Å². The minimum Gasteiger partial charge on any atom is -0.313 e. The number of nitrogens with one attached hydrogen (secondary N) is 1. The molecule has 1 atom stereocenters. The van der Waals surface area contributed by atoms with Gasteiger partial charge in [0.25, 0.3) is 0 Å². The Labute approximate surface area is 127 Å². The van der Waals surface area contributed by atoms with Crippen molar-refractivity contribution >= 4 is 27.3 Å². The van der Waals surface area contributed by atoms with E-state index in [0.717, 1.165) is 16.6 Å². The third kappa shape index (κ3) is 3.25. The standard InChI is InChI=1S/C15H19BrN2S/c1-9-12(6-5-7-13(9)16)14(17-4)8-15-18-10(2)11(3)19-15/h5-7,14,17H,8H2,1-4H3. The molecule has 1 N–H and O–H groups in total. The Kier molecular flexibility index (Phi) is 4.76. The molecule has 19 heavy (non-hydrogen) atoms. The van der Waals surface area contributed by atoms with Crippen molar-refractivity contribution in [3.05, 3.63) is 49.4 Å². The van der Waals surface area contributed by atoms with Crippen LogP contribution < -0.4 is 5.32 Å². The monoisotopic (exact) mass is 338 g/mol. The van der Waals surface area contributed by atoms with E-state index in [1.165, 1.54) is 21.0 Å². The third-order valence-electron chi connectivity index (χ3n) is 3.49. The van der Waals surface area contributed by atoms with Crippen LogP contribution in [0.2, 0.25) is 0 Å². The normalized spacial score (nSPS) is 12.7. The lowest BCUT2D eigenvalue weighted by Crippen LogP contribution is -2.19. The van der Waals surface area contributed by atoms with E-state index in [2.05, 4.69) is 65.2 Å². The summed E-state index contributed by atoms with van der Waals surface area (Å²) in [6.07, 6.45) is 0.938. The van der Waals surface area contributed by atoms with Gasteiger partial charge in [-0.25, -0.2) is 4.98 Å². The molecule has 0 bridgehead atoms. The van der Waals surface area contributed by atoms with Gasteiger partial charge in [0.2, 0.25) is 0 Å². The Morgan fingerprint density at radius 2 is 2.05 bits per heavy atom. The summed E-state index contributed by atoms with van der Waals surface area (Å²) in [5, 5.41) is 4.61. The van der Waals surface area contributed by atoms with Gasteiger partial charge in [0.1, 0.15) is 0 Å². The van der Waals surface area contributed by atoms with Crippen LogP contribution in [0.4, 0.5) is 0 Å². The number of benzene rings is 1. The van der Waals surface area contributed by atoms with Crippen LogP contribution in [-0.2, 0) is 6.42 Å². The lowest BCUT2D eigenvalue weighted by Gasteiger charge is -2.18. The first-order valence-corrected chi connectivity index (χ1v) is 7.99. The largest absolute Gasteiger partial charge is 0.313 e. The van der Waals surface area contributed by atoms with Crippen molar-refractivity contribution in [2.24, 2.45) is 0 Å². The van der Waals surface area contributed by atoms with Crippen LogP contribution in [0.15, 0.2) is 22.7 Å². The van der Waals surface area contributed by atoms with Gasteiger partial charge in [-0.05, 0) is 45.0 Å². The zero-order valence-electron chi connectivity index (χ0n) is 11.7. The quantitative estimate of drug-likeness (QED) is 0.897. The molecule has 0 amide bonds. The minimum atomic E-state index is 0.308. The molecule has 1 heterocycles. The fraction of sp³-hybridized carbons (Fsp3) is 0.400. The maximum atomic E-state index is 4.64. The first-order valence-electron chi connectivity index (χ1n) is 6.38. The molecule has 2 aromatic rings. The molecule has 1 unspecified atom stereocenters. The zero-order valence-corrected chi connectivity index (χ0v) is 14.2. The molecule has 1 aromatic carbocycles. The minimum absolute atomic E-state index is 0.308. The molecule has 0 radical (unpaired) electrons. The molecule has 2 nitrogen and oxygen atoms in total. The lowest BCUT2D eigenvalue weighted by molar-refractivity contribution is 0.586. The van der Waals surface area contributed by atoms with Crippen molar-refractivity contribution in [2.45, 2.75) is 33.2 Å². The highest BCUT2D eigenvalue weighted by Gasteiger charge is 2.16. The number of aryl methyl sites for hydroxylation is 2. The number of halogens is 1. The van der Waals surface area contributed by atoms with Crippen molar-refractivity contribution in [3.8, 4) is 0 Å². The summed E-state index contributed by atoms with van der Waals surface area (Å²) in [6, 6.07) is 6.68. The topological polar surface area (TPSA) is 24.9 Å². The number of thiazole rings is 1. The van der Waals surface area contributed by atoms with Gasteiger partial charge in [0.05, 0.1) is 10.7 Å². The second-order valence-electron chi connectivity index (χ2n) is 4.75. The van der Waals surface area contributed by atoms with Gasteiger partial charge in [0, 0.05) is 21.8 Å². The summed E-state index contributed by atoms with van der Waals surface area (Å²) in [5.41, 5.74) is 3.79. The van der Waals surface area contributed by atoms with E-state index in [-0.39, 0.29) is 0 Å². The van der Waals surface area contributed by atoms with Crippen LogP contribution in [0.5, 0.6) is 0 Å². The molecule has 4 heteroatoms. The molecule has 0 saturated carbocycles. The number of rotatable bonds is 4. The summed E-state index contributed by atoms with van der Waals surface area (Å²) in [5.74, 6) is 0. The Bertz CT molecular complexity index is 558. The SMILES string of the molecule is CNC(Cc1nc(C)c(C)s1)c1cccc(Br)c1C. The van der Waals surface area contributed by atoms with E-state index < -0.39 is 0 Å². The van der Waals surface area contributed by atoms with Gasteiger partial charge in [-0.15, -0.1) is 11.3 Å². The first-order chi connectivity index (χ1) is 9.02. The summed E-state index contributed by atoms with van der Waals surface area (Å²) in [4.78, 5) is 5.96. The van der Waals surface area contributed by atoms with E-state index >= 15 is 0 Å². The highest BCUT2D eigenvalue weighted by Crippen LogP contribution is 2.28. The van der Waals surface area contributed by atoms with Crippen LogP contribution >= 0.6 is 27.3 Å². The van der Waals surface area contributed by atoms with Crippen molar-refractivity contribution in [1.82, 2.24) is 10.3 Å². The number of likely N-dealkylation sites (N-methyl/N-ethyl adjacent to an activating group) is 1. The maximum Gasteiger partial charge on any atom is 0.0949 e. The second-order valence-corrected chi connectivity index (χ2v) is 6.89. The molecule has 0 fully saturated rings. The number of hydrogen-bond acceptors (Lipinski definition) is 3. The highest BCUT2D eigenvalue weighted by atomic mass is 79.9. The highest BCUT2D eigenvalue weighted by molar-refractivity contribution is 9.10. The Balaban J connectivity index is 2.27. The predicted molar refractivity (Wildman–Crippen MR) is 86.0 cm³/mol. The van der Waals surface area contributed by atoms with E-state index in [0.29, 0.717) is 6.04 Å². The summed E-state index contributed by atoms with van der Waals surface area (Å²) in [6.45, 7) is 6.37. The Hall–Kier alpha value is -0.710. The van der Waals surface area contributed by atoms with Crippen molar-refractivity contribution in [1.29, 1.82) is 0 Å². The fourth-order valence-electron chi connectivity index (χ4n) is 2.17. The van der Waals surface area contributed by atoms with Gasteiger partial charge in [0.15, 0.2) is 0 Å². The summed E-state index contributed by atoms with van der Waals surface area (Å²) >= 11 is 5.40. The molecule has 0 aliphatic heterocycles. The van der Waals surface area contributed by atoms with Crippen molar-refractivity contribution in [2.75, 3.05) is 7.05 Å². The molecular formula is C15H19BrN2S. The van der Waals surface area contributed by atoms with Gasteiger partial charge < -0.3 is 5.32 Å². The summed E-state index contributed by atoms with van der Waals surface area (Å²) < 4.78 is 1.16. The van der Waals surface area contributed by atoms with E-state index in [4.69, 9.17) is 0 Å². The molecule has 0 saturated heterocycles. The number of nitrogens with zero attached hydrogens (tertiary/aromatic N) is 1. The molecule has 1 aromatic heterocycles. The molecule has 2 rings (SSSR count). The van der Waals surface area contributed by atoms with Crippen molar-refractivity contribution < 1.29 is 0 Å². The number of hydrogen-bond donors (Lipinski definition) is 1.